The van der Waals surface area contributed by atoms with Gasteiger partial charge in [-0.3, -0.25) is 0 Å². The van der Waals surface area contributed by atoms with Crippen LogP contribution in [0.15, 0.2) is 69.6 Å². The average Bonchev–Trinajstić information content (AvgIpc) is 2.68. The third-order valence-corrected chi connectivity index (χ3v) is 5.64. The third kappa shape index (κ3) is 5.41. The molecule has 0 aliphatic rings. The lowest BCUT2D eigenvalue weighted by atomic mass is 10.2. The molecule has 0 heterocycles. The van der Waals surface area contributed by atoms with Gasteiger partial charge in [-0.2, -0.15) is 0 Å². The zero-order chi connectivity index (χ0) is 19.2. The molecule has 0 aliphatic carbocycles. The number of methoxy groups -OCH3 is 1. The van der Waals surface area contributed by atoms with E-state index in [-0.39, 0.29) is 0 Å². The Labute approximate surface area is 180 Å². The van der Waals surface area contributed by atoms with E-state index in [9.17, 15) is 0 Å². The van der Waals surface area contributed by atoms with Crippen molar-refractivity contribution in [1.82, 2.24) is 0 Å². The first-order valence-corrected chi connectivity index (χ1v) is 10.3. The molecular weight excluding hydrogens is 493 g/mol. The number of hydrogen-bond acceptors (Lipinski definition) is 3. The quantitative estimate of drug-likeness (QED) is 0.368. The van der Waals surface area contributed by atoms with Crippen LogP contribution in [0.3, 0.4) is 0 Å². The fraction of sp³-hybridized carbons (Fsp3) is 0.143. The van der Waals surface area contributed by atoms with Crippen molar-refractivity contribution in [1.29, 1.82) is 0 Å². The van der Waals surface area contributed by atoms with Gasteiger partial charge in [-0.25, -0.2) is 0 Å². The van der Waals surface area contributed by atoms with Gasteiger partial charge in [0.1, 0.15) is 6.61 Å². The highest BCUT2D eigenvalue weighted by Gasteiger charge is 2.11. The zero-order valence-electron chi connectivity index (χ0n) is 14.6. The van der Waals surface area contributed by atoms with Gasteiger partial charge < -0.3 is 14.8 Å². The van der Waals surface area contributed by atoms with Crippen molar-refractivity contribution in [3.05, 3.63) is 85.8 Å². The van der Waals surface area contributed by atoms with E-state index < -0.39 is 0 Å². The SMILES string of the molecule is COc1cc(CNc2ccc(Br)cc2)c(Br)cc1OCc1ccccc1Cl. The molecule has 0 fully saturated rings. The summed E-state index contributed by atoms with van der Waals surface area (Å²) in [4.78, 5) is 0. The second-order valence-electron chi connectivity index (χ2n) is 5.84. The number of hydrogen-bond donors (Lipinski definition) is 1. The molecule has 0 amide bonds. The summed E-state index contributed by atoms with van der Waals surface area (Å²) in [6.45, 7) is 1.03. The van der Waals surface area contributed by atoms with E-state index in [4.69, 9.17) is 21.1 Å². The van der Waals surface area contributed by atoms with Crippen LogP contribution in [0.1, 0.15) is 11.1 Å². The Hall–Kier alpha value is -1.69. The number of anilines is 1. The fourth-order valence-corrected chi connectivity index (χ4v) is 3.44. The summed E-state index contributed by atoms with van der Waals surface area (Å²) in [7, 11) is 1.64. The van der Waals surface area contributed by atoms with Crippen LogP contribution in [0.2, 0.25) is 5.02 Å². The molecule has 3 aromatic rings. The maximum absolute atomic E-state index is 6.20. The molecule has 0 unspecified atom stereocenters. The second kappa shape index (κ2) is 9.49. The van der Waals surface area contributed by atoms with Gasteiger partial charge >= 0.3 is 0 Å². The van der Waals surface area contributed by atoms with Crippen molar-refractivity contribution in [2.45, 2.75) is 13.2 Å². The fourth-order valence-electron chi connectivity index (χ4n) is 2.52. The summed E-state index contributed by atoms with van der Waals surface area (Å²) in [5.41, 5.74) is 3.04. The highest BCUT2D eigenvalue weighted by molar-refractivity contribution is 9.10. The Morgan fingerprint density at radius 3 is 2.37 bits per heavy atom. The van der Waals surface area contributed by atoms with Crippen molar-refractivity contribution < 1.29 is 9.47 Å². The minimum absolute atomic E-state index is 0.374. The molecule has 0 spiro atoms. The van der Waals surface area contributed by atoms with Crippen LogP contribution >= 0.6 is 43.5 Å². The Kier molecular flexibility index (Phi) is 7.05. The molecule has 0 saturated heterocycles. The van der Waals surface area contributed by atoms with Crippen LogP contribution in [-0.2, 0) is 13.2 Å². The summed E-state index contributed by atoms with van der Waals surface area (Å²) < 4.78 is 13.5. The molecule has 3 rings (SSSR count). The summed E-state index contributed by atoms with van der Waals surface area (Å²) in [6.07, 6.45) is 0. The van der Waals surface area contributed by atoms with Crippen molar-refractivity contribution in [2.24, 2.45) is 0 Å². The lowest BCUT2D eigenvalue weighted by Crippen LogP contribution is -2.03. The van der Waals surface area contributed by atoms with E-state index in [0.29, 0.717) is 29.7 Å². The third-order valence-electron chi connectivity index (χ3n) is 4.00. The van der Waals surface area contributed by atoms with Crippen molar-refractivity contribution >= 4 is 49.1 Å². The van der Waals surface area contributed by atoms with Crippen LogP contribution in [0.4, 0.5) is 5.69 Å². The lowest BCUT2D eigenvalue weighted by Gasteiger charge is -2.15. The summed E-state index contributed by atoms with van der Waals surface area (Å²) in [6, 6.07) is 19.6. The molecule has 0 bridgehead atoms. The van der Waals surface area contributed by atoms with Gasteiger partial charge in [0.2, 0.25) is 0 Å². The molecule has 0 saturated carbocycles. The summed E-state index contributed by atoms with van der Waals surface area (Å²) in [5.74, 6) is 1.34. The monoisotopic (exact) mass is 509 g/mol. The van der Waals surface area contributed by atoms with E-state index in [0.717, 1.165) is 25.8 Å². The average molecular weight is 512 g/mol. The highest BCUT2D eigenvalue weighted by atomic mass is 79.9. The predicted molar refractivity (Wildman–Crippen MR) is 118 cm³/mol. The Morgan fingerprint density at radius 2 is 1.67 bits per heavy atom. The van der Waals surface area contributed by atoms with E-state index >= 15 is 0 Å². The van der Waals surface area contributed by atoms with Gasteiger partial charge in [-0.15, -0.1) is 0 Å². The first-order valence-electron chi connectivity index (χ1n) is 8.29. The summed E-state index contributed by atoms with van der Waals surface area (Å²) >= 11 is 13.3. The minimum Gasteiger partial charge on any atom is -0.493 e. The van der Waals surface area contributed by atoms with Crippen LogP contribution in [0, 0.1) is 0 Å². The van der Waals surface area contributed by atoms with Gasteiger partial charge in [0, 0.05) is 31.8 Å². The molecule has 3 aromatic carbocycles. The van der Waals surface area contributed by atoms with Crippen LogP contribution in [0.25, 0.3) is 0 Å². The number of nitrogens with one attached hydrogen (secondary N) is 1. The van der Waals surface area contributed by atoms with E-state index in [1.54, 1.807) is 7.11 Å². The van der Waals surface area contributed by atoms with Crippen LogP contribution < -0.4 is 14.8 Å². The van der Waals surface area contributed by atoms with Gasteiger partial charge in [0.05, 0.1) is 7.11 Å². The Morgan fingerprint density at radius 1 is 0.926 bits per heavy atom. The largest absolute Gasteiger partial charge is 0.493 e. The molecule has 6 heteroatoms. The van der Waals surface area contributed by atoms with Gasteiger partial charge in [-0.1, -0.05) is 61.7 Å². The zero-order valence-corrected chi connectivity index (χ0v) is 18.6. The maximum Gasteiger partial charge on any atom is 0.162 e. The topological polar surface area (TPSA) is 30.5 Å². The second-order valence-corrected chi connectivity index (χ2v) is 8.01. The van der Waals surface area contributed by atoms with Gasteiger partial charge in [-0.05, 0) is 48.0 Å². The molecule has 0 atom stereocenters. The normalized spacial score (nSPS) is 10.5. The smallest absolute Gasteiger partial charge is 0.162 e. The number of ether oxygens (including phenoxy) is 2. The lowest BCUT2D eigenvalue weighted by molar-refractivity contribution is 0.284. The minimum atomic E-state index is 0.374. The Balaban J connectivity index is 1.72. The summed E-state index contributed by atoms with van der Waals surface area (Å²) in [5, 5.41) is 4.09. The predicted octanol–water partition coefficient (Wildman–Crippen LogP) is 7.06. The molecule has 27 heavy (non-hydrogen) atoms. The molecule has 0 aromatic heterocycles. The van der Waals surface area contributed by atoms with Crippen molar-refractivity contribution in [3.63, 3.8) is 0 Å². The number of benzene rings is 3. The molecular formula is C21H18Br2ClNO2. The first kappa shape index (κ1) is 20.1. The molecule has 0 radical (unpaired) electrons. The maximum atomic E-state index is 6.20. The Bertz CT molecular complexity index is 917. The number of halogens is 3. The standard InChI is InChI=1S/C21H18Br2ClNO2/c1-26-20-10-15(12-25-17-8-6-16(22)7-9-17)18(23)11-21(20)27-13-14-4-2-3-5-19(14)24/h2-11,25H,12-13H2,1H3. The highest BCUT2D eigenvalue weighted by Crippen LogP contribution is 2.35. The van der Waals surface area contributed by atoms with E-state index in [2.05, 4.69) is 37.2 Å². The first-order chi connectivity index (χ1) is 13.1. The van der Waals surface area contributed by atoms with Crippen molar-refractivity contribution in [3.8, 4) is 11.5 Å². The van der Waals surface area contributed by atoms with Crippen molar-refractivity contribution in [2.75, 3.05) is 12.4 Å². The van der Waals surface area contributed by atoms with Gasteiger partial charge in [0.15, 0.2) is 11.5 Å². The number of rotatable bonds is 7. The van der Waals surface area contributed by atoms with Crippen LogP contribution in [0.5, 0.6) is 11.5 Å². The van der Waals surface area contributed by atoms with Gasteiger partial charge in [0.25, 0.3) is 0 Å². The molecule has 1 N–H and O–H groups in total. The molecule has 3 nitrogen and oxygen atoms in total. The van der Waals surface area contributed by atoms with Crippen LogP contribution in [-0.4, -0.2) is 7.11 Å². The van der Waals surface area contributed by atoms with E-state index in [1.807, 2.05) is 60.7 Å². The van der Waals surface area contributed by atoms with E-state index in [1.165, 1.54) is 0 Å². The molecule has 140 valence electrons. The molecule has 0 aliphatic heterocycles.